The van der Waals surface area contributed by atoms with Gasteiger partial charge in [-0.1, -0.05) is 11.6 Å². The highest BCUT2D eigenvalue weighted by atomic mass is 35.5. The van der Waals surface area contributed by atoms with E-state index in [1.807, 2.05) is 0 Å². The number of carbonyl (C=O) groups excluding carboxylic acids is 1. The topological polar surface area (TPSA) is 75.7 Å². The molecule has 1 rings (SSSR count). The van der Waals surface area contributed by atoms with Crippen molar-refractivity contribution in [3.63, 3.8) is 0 Å². The molecular formula is C13H19ClN2O4S. The van der Waals surface area contributed by atoms with Gasteiger partial charge in [-0.3, -0.25) is 4.79 Å². The van der Waals surface area contributed by atoms with Gasteiger partial charge < -0.3 is 10.1 Å². The van der Waals surface area contributed by atoms with Crippen molar-refractivity contribution < 1.29 is 17.9 Å². The lowest BCUT2D eigenvalue weighted by atomic mass is 10.3. The first-order valence-corrected chi connectivity index (χ1v) is 8.09. The minimum absolute atomic E-state index is 0.0899. The van der Waals surface area contributed by atoms with E-state index in [4.69, 9.17) is 16.3 Å². The molecule has 1 N–H and O–H groups in total. The van der Waals surface area contributed by atoms with E-state index in [1.54, 1.807) is 6.92 Å². The van der Waals surface area contributed by atoms with E-state index >= 15 is 0 Å². The smallest absolute Gasteiger partial charge is 0.243 e. The van der Waals surface area contributed by atoms with Crippen LogP contribution in [0.2, 0.25) is 5.02 Å². The molecule has 1 aromatic carbocycles. The van der Waals surface area contributed by atoms with Gasteiger partial charge in [0, 0.05) is 25.2 Å². The van der Waals surface area contributed by atoms with Gasteiger partial charge in [-0.05, 0) is 31.2 Å². The SMILES string of the molecule is COC[C@@H](C)NC(=O)CN(C)S(=O)(=O)c1ccc(Cl)cc1. The van der Waals surface area contributed by atoms with Crippen LogP contribution in [-0.4, -0.2) is 52.0 Å². The van der Waals surface area contributed by atoms with Crippen LogP contribution in [0.1, 0.15) is 6.92 Å². The van der Waals surface area contributed by atoms with Gasteiger partial charge in [0.2, 0.25) is 15.9 Å². The number of halogens is 1. The summed E-state index contributed by atoms with van der Waals surface area (Å²) in [4.78, 5) is 11.9. The van der Waals surface area contributed by atoms with Crippen LogP contribution in [0.15, 0.2) is 29.2 Å². The fourth-order valence-electron chi connectivity index (χ4n) is 1.69. The third kappa shape index (κ3) is 5.28. The first kappa shape index (κ1) is 17.9. The largest absolute Gasteiger partial charge is 0.383 e. The van der Waals surface area contributed by atoms with Crippen molar-refractivity contribution in [1.29, 1.82) is 0 Å². The number of nitrogens with zero attached hydrogens (tertiary/aromatic N) is 1. The number of likely N-dealkylation sites (N-methyl/N-ethyl adjacent to an activating group) is 1. The molecule has 0 saturated heterocycles. The Morgan fingerprint density at radius 3 is 2.48 bits per heavy atom. The van der Waals surface area contributed by atoms with Crippen molar-refractivity contribution in [2.24, 2.45) is 0 Å². The third-order valence-electron chi connectivity index (χ3n) is 2.71. The van der Waals surface area contributed by atoms with Crippen molar-refractivity contribution in [3.8, 4) is 0 Å². The third-order valence-corrected chi connectivity index (χ3v) is 4.78. The number of amides is 1. The molecule has 0 aliphatic rings. The maximum atomic E-state index is 12.3. The lowest BCUT2D eigenvalue weighted by Gasteiger charge is -2.19. The Morgan fingerprint density at radius 2 is 1.95 bits per heavy atom. The molecule has 1 atom stereocenters. The summed E-state index contributed by atoms with van der Waals surface area (Å²) < 4.78 is 30.4. The molecule has 0 aliphatic carbocycles. The Balaban J connectivity index is 2.71. The quantitative estimate of drug-likeness (QED) is 0.810. The fraction of sp³-hybridized carbons (Fsp3) is 0.462. The van der Waals surface area contributed by atoms with E-state index in [2.05, 4.69) is 5.32 Å². The maximum Gasteiger partial charge on any atom is 0.243 e. The van der Waals surface area contributed by atoms with Crippen molar-refractivity contribution in [1.82, 2.24) is 9.62 Å². The lowest BCUT2D eigenvalue weighted by molar-refractivity contribution is -0.122. The number of carbonyl (C=O) groups is 1. The molecule has 0 saturated carbocycles. The van der Waals surface area contributed by atoms with Gasteiger partial charge in [0.25, 0.3) is 0 Å². The number of hydrogen-bond donors (Lipinski definition) is 1. The van der Waals surface area contributed by atoms with Gasteiger partial charge in [-0.15, -0.1) is 0 Å². The highest BCUT2D eigenvalue weighted by Gasteiger charge is 2.23. The Kier molecular flexibility index (Phi) is 6.60. The first-order valence-electron chi connectivity index (χ1n) is 6.27. The normalized spacial score (nSPS) is 13.2. The van der Waals surface area contributed by atoms with Crippen LogP contribution in [0.4, 0.5) is 0 Å². The minimum atomic E-state index is -3.72. The molecule has 118 valence electrons. The summed E-state index contributed by atoms with van der Waals surface area (Å²) in [6, 6.07) is 5.60. The monoisotopic (exact) mass is 334 g/mol. The zero-order valence-corrected chi connectivity index (χ0v) is 13.7. The maximum absolute atomic E-state index is 12.3. The van der Waals surface area contributed by atoms with Crippen molar-refractivity contribution >= 4 is 27.5 Å². The summed E-state index contributed by atoms with van der Waals surface area (Å²) in [7, 11) is -0.837. The molecule has 1 amide bonds. The van der Waals surface area contributed by atoms with Gasteiger partial charge in [0.05, 0.1) is 18.0 Å². The molecule has 0 bridgehead atoms. The van der Waals surface area contributed by atoms with Gasteiger partial charge in [-0.2, -0.15) is 4.31 Å². The number of ether oxygens (including phenoxy) is 1. The molecule has 1 aromatic rings. The molecule has 0 aliphatic heterocycles. The Labute approximate surface area is 130 Å². The average molecular weight is 335 g/mol. The van der Waals surface area contributed by atoms with Gasteiger partial charge in [0.15, 0.2) is 0 Å². The predicted molar refractivity (Wildman–Crippen MR) is 80.7 cm³/mol. The standard InChI is InChI=1S/C13H19ClN2O4S/c1-10(9-20-3)15-13(17)8-16(2)21(18,19)12-6-4-11(14)5-7-12/h4-7,10H,8-9H2,1-3H3,(H,15,17)/t10-/m1/s1. The molecule has 0 heterocycles. The van der Waals surface area contributed by atoms with Crippen LogP contribution in [0.25, 0.3) is 0 Å². The van der Waals surface area contributed by atoms with E-state index in [0.717, 1.165) is 4.31 Å². The number of methoxy groups -OCH3 is 1. The average Bonchev–Trinajstić information content (AvgIpc) is 2.39. The minimum Gasteiger partial charge on any atom is -0.383 e. The second-order valence-electron chi connectivity index (χ2n) is 4.64. The van der Waals surface area contributed by atoms with E-state index in [0.29, 0.717) is 11.6 Å². The molecule has 0 unspecified atom stereocenters. The number of rotatable bonds is 7. The Bertz CT molecular complexity index is 574. The predicted octanol–water partition coefficient (Wildman–Crippen LogP) is 1.11. The van der Waals surface area contributed by atoms with Crippen molar-refractivity contribution in [3.05, 3.63) is 29.3 Å². The van der Waals surface area contributed by atoms with Crippen LogP contribution < -0.4 is 5.32 Å². The van der Waals surface area contributed by atoms with Crippen molar-refractivity contribution in [2.45, 2.75) is 17.9 Å². The van der Waals surface area contributed by atoms with Crippen LogP contribution in [0, 0.1) is 0 Å². The molecule has 0 spiro atoms. The zero-order chi connectivity index (χ0) is 16.0. The molecular weight excluding hydrogens is 316 g/mol. The molecule has 21 heavy (non-hydrogen) atoms. The zero-order valence-electron chi connectivity index (χ0n) is 12.2. The molecule has 8 heteroatoms. The summed E-state index contributed by atoms with van der Waals surface area (Å²) >= 11 is 5.73. The lowest BCUT2D eigenvalue weighted by Crippen LogP contribution is -2.43. The second-order valence-corrected chi connectivity index (χ2v) is 7.12. The Morgan fingerprint density at radius 1 is 1.38 bits per heavy atom. The van der Waals surface area contributed by atoms with Gasteiger partial charge in [0.1, 0.15) is 0 Å². The van der Waals surface area contributed by atoms with Crippen LogP contribution in [0.5, 0.6) is 0 Å². The fourth-order valence-corrected chi connectivity index (χ4v) is 2.94. The summed E-state index contributed by atoms with van der Waals surface area (Å²) in [5.74, 6) is -0.389. The second kappa shape index (κ2) is 7.74. The first-order chi connectivity index (χ1) is 9.77. The molecule has 6 nitrogen and oxygen atoms in total. The van der Waals surface area contributed by atoms with E-state index in [-0.39, 0.29) is 23.4 Å². The summed E-state index contributed by atoms with van der Waals surface area (Å²) in [6.07, 6.45) is 0. The van der Waals surface area contributed by atoms with Gasteiger partial charge in [-0.25, -0.2) is 8.42 Å². The summed E-state index contributed by atoms with van der Waals surface area (Å²) in [5, 5.41) is 3.10. The van der Waals surface area contributed by atoms with Crippen LogP contribution in [0.3, 0.4) is 0 Å². The number of nitrogens with one attached hydrogen (secondary N) is 1. The van der Waals surface area contributed by atoms with Crippen LogP contribution in [-0.2, 0) is 19.6 Å². The summed E-state index contributed by atoms with van der Waals surface area (Å²) in [6.45, 7) is 1.87. The van der Waals surface area contributed by atoms with Gasteiger partial charge >= 0.3 is 0 Å². The number of hydrogen-bond acceptors (Lipinski definition) is 4. The van der Waals surface area contributed by atoms with E-state index < -0.39 is 10.0 Å². The number of sulfonamides is 1. The number of benzene rings is 1. The summed E-state index contributed by atoms with van der Waals surface area (Å²) in [5.41, 5.74) is 0. The highest BCUT2D eigenvalue weighted by Crippen LogP contribution is 2.17. The van der Waals surface area contributed by atoms with Crippen molar-refractivity contribution in [2.75, 3.05) is 27.3 Å². The molecule has 0 fully saturated rings. The van der Waals surface area contributed by atoms with E-state index in [9.17, 15) is 13.2 Å². The van der Waals surface area contributed by atoms with Crippen LogP contribution >= 0.6 is 11.6 Å². The Hall–Kier alpha value is -1.15. The molecule has 0 radical (unpaired) electrons. The molecule has 0 aromatic heterocycles. The van der Waals surface area contributed by atoms with E-state index in [1.165, 1.54) is 38.4 Å². The highest BCUT2D eigenvalue weighted by molar-refractivity contribution is 7.89.